The summed E-state index contributed by atoms with van der Waals surface area (Å²) >= 11 is 3.50. The Balaban J connectivity index is 2.13. The zero-order chi connectivity index (χ0) is 15.1. The maximum absolute atomic E-state index is 4.58. The number of nitrogens with one attached hydrogen (secondary N) is 1. The van der Waals surface area contributed by atoms with Crippen molar-refractivity contribution in [2.45, 2.75) is 26.4 Å². The molecular formula is C16H21BrN4. The topological polar surface area (TPSA) is 41.1 Å². The zero-order valence-electron chi connectivity index (χ0n) is 12.5. The molecule has 0 amide bonds. The molecule has 1 N–H and O–H groups in total. The van der Waals surface area contributed by atoms with Crippen LogP contribution in [0.1, 0.15) is 24.5 Å². The molecule has 0 radical (unpaired) electrons. The molecule has 0 unspecified atom stereocenters. The summed E-state index contributed by atoms with van der Waals surface area (Å²) < 4.78 is 1.01. The van der Waals surface area contributed by atoms with Crippen LogP contribution in [0.5, 0.6) is 0 Å². The van der Waals surface area contributed by atoms with Crippen molar-refractivity contribution in [1.29, 1.82) is 0 Å². The monoisotopic (exact) mass is 348 g/mol. The Bertz CT molecular complexity index is 559. The second kappa shape index (κ2) is 8.10. The first-order valence-corrected chi connectivity index (χ1v) is 7.95. The lowest BCUT2D eigenvalue weighted by molar-refractivity contribution is 0.671. The third kappa shape index (κ3) is 4.79. The van der Waals surface area contributed by atoms with Crippen LogP contribution in [0.3, 0.4) is 0 Å². The molecule has 2 heterocycles. The average molecular weight is 349 g/mol. The molecule has 0 atom stereocenters. The van der Waals surface area contributed by atoms with Crippen molar-refractivity contribution in [2.75, 3.05) is 18.5 Å². The van der Waals surface area contributed by atoms with Gasteiger partial charge in [-0.1, -0.05) is 6.92 Å². The van der Waals surface area contributed by atoms with Gasteiger partial charge >= 0.3 is 0 Å². The maximum atomic E-state index is 4.58. The fourth-order valence-corrected chi connectivity index (χ4v) is 2.56. The van der Waals surface area contributed by atoms with E-state index in [4.69, 9.17) is 0 Å². The van der Waals surface area contributed by atoms with E-state index in [0.717, 1.165) is 36.3 Å². The zero-order valence-corrected chi connectivity index (χ0v) is 14.1. The summed E-state index contributed by atoms with van der Waals surface area (Å²) in [7, 11) is 2.07. The van der Waals surface area contributed by atoms with Crippen molar-refractivity contribution in [3.8, 4) is 0 Å². The minimum Gasteiger partial charge on any atom is -0.355 e. The lowest BCUT2D eigenvalue weighted by atomic mass is 10.2. The highest BCUT2D eigenvalue weighted by molar-refractivity contribution is 9.10. The van der Waals surface area contributed by atoms with Crippen molar-refractivity contribution < 1.29 is 0 Å². The number of aromatic nitrogens is 2. The van der Waals surface area contributed by atoms with Gasteiger partial charge in [0.25, 0.3) is 0 Å². The van der Waals surface area contributed by atoms with E-state index in [0.29, 0.717) is 0 Å². The van der Waals surface area contributed by atoms with Crippen molar-refractivity contribution in [3.63, 3.8) is 0 Å². The molecule has 0 aromatic carbocycles. The molecule has 4 nitrogen and oxygen atoms in total. The standard InChI is InChI=1S/C16H21BrN4/c1-3-6-19-10-14-9-15(17)11-20-16(14)21(2)12-13-4-7-18-8-5-13/h4-5,7-9,11,19H,3,6,10,12H2,1-2H3. The summed E-state index contributed by atoms with van der Waals surface area (Å²) in [5.74, 6) is 1.01. The van der Waals surface area contributed by atoms with Gasteiger partial charge in [0.2, 0.25) is 0 Å². The molecule has 2 aromatic rings. The van der Waals surface area contributed by atoms with Gasteiger partial charge in [-0.25, -0.2) is 4.98 Å². The Morgan fingerprint density at radius 3 is 2.76 bits per heavy atom. The lowest BCUT2D eigenvalue weighted by Gasteiger charge is -2.21. The van der Waals surface area contributed by atoms with Gasteiger partial charge in [-0.15, -0.1) is 0 Å². The summed E-state index contributed by atoms with van der Waals surface area (Å²) in [6, 6.07) is 6.20. The Labute approximate surface area is 134 Å². The number of nitrogens with zero attached hydrogens (tertiary/aromatic N) is 3. The first-order valence-electron chi connectivity index (χ1n) is 7.16. The maximum Gasteiger partial charge on any atom is 0.133 e. The molecule has 112 valence electrons. The van der Waals surface area contributed by atoms with Crippen LogP contribution in [-0.4, -0.2) is 23.6 Å². The molecule has 0 fully saturated rings. The summed E-state index contributed by atoms with van der Waals surface area (Å²) in [6.45, 7) is 4.83. The number of hydrogen-bond acceptors (Lipinski definition) is 4. The molecule has 0 saturated heterocycles. The van der Waals surface area contributed by atoms with E-state index in [1.165, 1.54) is 11.1 Å². The number of rotatable bonds is 7. The van der Waals surface area contributed by atoms with E-state index in [-0.39, 0.29) is 0 Å². The van der Waals surface area contributed by atoms with Crippen LogP contribution in [0, 0.1) is 0 Å². The van der Waals surface area contributed by atoms with E-state index >= 15 is 0 Å². The average Bonchev–Trinajstić information content (AvgIpc) is 2.48. The molecule has 0 saturated carbocycles. The summed E-state index contributed by atoms with van der Waals surface area (Å²) in [6.07, 6.45) is 6.62. The molecule has 5 heteroatoms. The molecule has 0 bridgehead atoms. The van der Waals surface area contributed by atoms with Crippen LogP contribution in [0.2, 0.25) is 0 Å². The molecule has 0 aliphatic carbocycles. The Morgan fingerprint density at radius 1 is 1.29 bits per heavy atom. The van der Waals surface area contributed by atoms with Gasteiger partial charge in [-0.3, -0.25) is 4.98 Å². The predicted molar refractivity (Wildman–Crippen MR) is 90.3 cm³/mol. The van der Waals surface area contributed by atoms with Crippen LogP contribution in [-0.2, 0) is 13.1 Å². The molecular weight excluding hydrogens is 328 g/mol. The smallest absolute Gasteiger partial charge is 0.133 e. The highest BCUT2D eigenvalue weighted by atomic mass is 79.9. The van der Waals surface area contributed by atoms with E-state index < -0.39 is 0 Å². The van der Waals surface area contributed by atoms with Crippen molar-refractivity contribution in [2.24, 2.45) is 0 Å². The predicted octanol–water partition coefficient (Wildman–Crippen LogP) is 3.38. The van der Waals surface area contributed by atoms with E-state index in [9.17, 15) is 0 Å². The number of anilines is 1. The van der Waals surface area contributed by atoms with Gasteiger partial charge in [0.05, 0.1) is 0 Å². The SMILES string of the molecule is CCCNCc1cc(Br)cnc1N(C)Cc1ccncc1. The summed E-state index contributed by atoms with van der Waals surface area (Å²) in [5.41, 5.74) is 2.43. The molecule has 0 aliphatic rings. The van der Waals surface area contributed by atoms with Gasteiger partial charge < -0.3 is 10.2 Å². The minimum atomic E-state index is 0.817. The molecule has 0 aliphatic heterocycles. The summed E-state index contributed by atoms with van der Waals surface area (Å²) in [5, 5.41) is 3.44. The Morgan fingerprint density at radius 2 is 2.05 bits per heavy atom. The Hall–Kier alpha value is -1.46. The molecule has 0 spiro atoms. The second-order valence-corrected chi connectivity index (χ2v) is 5.94. The van der Waals surface area contributed by atoms with E-state index in [2.05, 4.69) is 56.2 Å². The Kier molecular flexibility index (Phi) is 6.14. The van der Waals surface area contributed by atoms with Gasteiger partial charge in [0.1, 0.15) is 5.82 Å². The highest BCUT2D eigenvalue weighted by Crippen LogP contribution is 2.22. The third-order valence-electron chi connectivity index (χ3n) is 3.18. The van der Waals surface area contributed by atoms with Crippen LogP contribution in [0.25, 0.3) is 0 Å². The quantitative estimate of drug-likeness (QED) is 0.778. The second-order valence-electron chi connectivity index (χ2n) is 5.02. The molecule has 2 aromatic heterocycles. The fraction of sp³-hybridized carbons (Fsp3) is 0.375. The first kappa shape index (κ1) is 15.9. The minimum absolute atomic E-state index is 0.817. The fourth-order valence-electron chi connectivity index (χ4n) is 2.18. The van der Waals surface area contributed by atoms with Crippen LogP contribution in [0.4, 0.5) is 5.82 Å². The van der Waals surface area contributed by atoms with Crippen LogP contribution in [0.15, 0.2) is 41.3 Å². The number of pyridine rings is 2. The molecule has 21 heavy (non-hydrogen) atoms. The first-order chi connectivity index (χ1) is 10.2. The number of hydrogen-bond donors (Lipinski definition) is 1. The van der Waals surface area contributed by atoms with Gasteiger partial charge in [-0.2, -0.15) is 0 Å². The van der Waals surface area contributed by atoms with Crippen LogP contribution < -0.4 is 10.2 Å². The van der Waals surface area contributed by atoms with Gasteiger partial charge in [0.15, 0.2) is 0 Å². The third-order valence-corrected chi connectivity index (χ3v) is 3.62. The number of halogens is 1. The van der Waals surface area contributed by atoms with Crippen molar-refractivity contribution >= 4 is 21.7 Å². The van der Waals surface area contributed by atoms with E-state index in [1.807, 2.05) is 30.7 Å². The van der Waals surface area contributed by atoms with E-state index in [1.54, 1.807) is 0 Å². The largest absolute Gasteiger partial charge is 0.355 e. The van der Waals surface area contributed by atoms with Crippen molar-refractivity contribution in [3.05, 3.63) is 52.4 Å². The lowest BCUT2D eigenvalue weighted by Crippen LogP contribution is -2.22. The normalized spacial score (nSPS) is 10.6. The summed E-state index contributed by atoms with van der Waals surface area (Å²) in [4.78, 5) is 10.8. The van der Waals surface area contributed by atoms with Gasteiger partial charge in [0, 0.05) is 48.8 Å². The highest BCUT2D eigenvalue weighted by Gasteiger charge is 2.10. The molecule has 2 rings (SSSR count). The van der Waals surface area contributed by atoms with Gasteiger partial charge in [-0.05, 0) is 52.7 Å². The van der Waals surface area contributed by atoms with Crippen LogP contribution >= 0.6 is 15.9 Å². The van der Waals surface area contributed by atoms with Crippen molar-refractivity contribution in [1.82, 2.24) is 15.3 Å².